The first-order chi connectivity index (χ1) is 11.9. The predicted octanol–water partition coefficient (Wildman–Crippen LogP) is 2.07. The third-order valence-electron chi connectivity index (χ3n) is 5.27. The molecule has 1 aliphatic heterocycles. The minimum absolute atomic E-state index is 0.198. The number of nitrogens with one attached hydrogen (secondary N) is 1. The van der Waals surface area contributed by atoms with E-state index in [4.69, 9.17) is 0 Å². The second-order valence-corrected chi connectivity index (χ2v) is 7.03. The lowest BCUT2D eigenvalue weighted by Gasteiger charge is -2.22. The van der Waals surface area contributed by atoms with E-state index in [0.717, 1.165) is 29.7 Å². The molecule has 0 radical (unpaired) electrons. The maximum absolute atomic E-state index is 12.6. The van der Waals surface area contributed by atoms with Crippen molar-refractivity contribution in [1.29, 1.82) is 0 Å². The van der Waals surface area contributed by atoms with Crippen LogP contribution in [0.15, 0.2) is 24.3 Å². The maximum atomic E-state index is 12.6. The summed E-state index contributed by atoms with van der Waals surface area (Å²) >= 11 is 0. The summed E-state index contributed by atoms with van der Waals surface area (Å²) in [5, 5.41) is 2.80. The molecule has 134 valence electrons. The van der Waals surface area contributed by atoms with E-state index in [9.17, 15) is 14.4 Å². The first-order valence-electron chi connectivity index (χ1n) is 8.91. The zero-order chi connectivity index (χ0) is 18.0. The van der Waals surface area contributed by atoms with Crippen molar-refractivity contribution < 1.29 is 14.4 Å². The van der Waals surface area contributed by atoms with Gasteiger partial charge in [-0.3, -0.25) is 14.5 Å². The first kappa shape index (κ1) is 17.5. The molecular weight excluding hydrogens is 318 g/mol. The highest BCUT2D eigenvalue weighted by Gasteiger charge is 2.52. The number of carbonyl (C=O) groups is 3. The van der Waals surface area contributed by atoms with Gasteiger partial charge in [-0.2, -0.15) is 0 Å². The molecule has 0 atom stereocenters. The molecule has 25 heavy (non-hydrogen) atoms. The minimum Gasteiger partial charge on any atom is -0.340 e. The Labute approximate surface area is 148 Å². The van der Waals surface area contributed by atoms with Crippen LogP contribution in [0.1, 0.15) is 43.7 Å². The second-order valence-electron chi connectivity index (χ2n) is 7.03. The van der Waals surface area contributed by atoms with Crippen LogP contribution in [0.4, 0.5) is 4.79 Å². The van der Waals surface area contributed by atoms with Crippen molar-refractivity contribution in [3.63, 3.8) is 0 Å². The first-order valence-corrected chi connectivity index (χ1v) is 8.91. The normalized spacial score (nSPS) is 18.7. The van der Waals surface area contributed by atoms with E-state index in [0.29, 0.717) is 19.4 Å². The number of carbonyl (C=O) groups excluding carboxylic acids is 3. The SMILES string of the molecule is CCc1ccc(CN(C)C(=O)CN2C(=O)NC3(CCCC3)C2=O)cc1. The zero-order valence-corrected chi connectivity index (χ0v) is 14.9. The van der Waals surface area contributed by atoms with Gasteiger partial charge in [0, 0.05) is 13.6 Å². The molecule has 0 aromatic heterocycles. The Morgan fingerprint density at radius 3 is 2.36 bits per heavy atom. The van der Waals surface area contributed by atoms with Crippen molar-refractivity contribution in [2.75, 3.05) is 13.6 Å². The molecule has 1 aromatic rings. The van der Waals surface area contributed by atoms with Gasteiger partial charge in [0.25, 0.3) is 5.91 Å². The van der Waals surface area contributed by atoms with Gasteiger partial charge < -0.3 is 10.2 Å². The van der Waals surface area contributed by atoms with E-state index in [1.807, 2.05) is 12.1 Å². The second kappa shape index (κ2) is 6.86. The maximum Gasteiger partial charge on any atom is 0.325 e. The van der Waals surface area contributed by atoms with Gasteiger partial charge in [0.05, 0.1) is 0 Å². The van der Waals surface area contributed by atoms with Crippen LogP contribution in [-0.4, -0.2) is 46.8 Å². The number of imide groups is 1. The van der Waals surface area contributed by atoms with Gasteiger partial charge in [0.2, 0.25) is 5.91 Å². The third-order valence-corrected chi connectivity index (χ3v) is 5.27. The number of benzene rings is 1. The molecule has 0 unspecified atom stereocenters. The monoisotopic (exact) mass is 343 g/mol. The summed E-state index contributed by atoms with van der Waals surface area (Å²) in [6, 6.07) is 7.67. The molecule has 4 amide bonds. The molecule has 1 N–H and O–H groups in total. The number of hydrogen-bond donors (Lipinski definition) is 1. The van der Waals surface area contributed by atoms with Crippen LogP contribution in [0.2, 0.25) is 0 Å². The average molecular weight is 343 g/mol. The van der Waals surface area contributed by atoms with Crippen LogP contribution in [0, 0.1) is 0 Å². The van der Waals surface area contributed by atoms with Gasteiger partial charge in [-0.25, -0.2) is 4.79 Å². The lowest BCUT2D eigenvalue weighted by Crippen LogP contribution is -2.45. The standard InChI is InChI=1S/C19H25N3O3/c1-3-14-6-8-15(9-7-14)12-21(2)16(23)13-22-17(24)19(20-18(22)25)10-4-5-11-19/h6-9H,3-5,10-13H2,1-2H3,(H,20,25). The van der Waals surface area contributed by atoms with E-state index in [-0.39, 0.29) is 18.4 Å². The third kappa shape index (κ3) is 3.38. The van der Waals surface area contributed by atoms with Crippen molar-refractivity contribution >= 4 is 17.8 Å². The minimum atomic E-state index is -0.758. The highest BCUT2D eigenvalue weighted by molar-refractivity contribution is 6.09. The average Bonchev–Trinajstić information content (AvgIpc) is 3.16. The Morgan fingerprint density at radius 2 is 1.76 bits per heavy atom. The van der Waals surface area contributed by atoms with Crippen LogP contribution >= 0.6 is 0 Å². The fourth-order valence-corrected chi connectivity index (χ4v) is 3.64. The summed E-state index contributed by atoms with van der Waals surface area (Å²) in [5.74, 6) is -0.484. The van der Waals surface area contributed by atoms with Gasteiger partial charge in [-0.1, -0.05) is 44.0 Å². The fraction of sp³-hybridized carbons (Fsp3) is 0.526. The van der Waals surface area contributed by atoms with Crippen LogP contribution in [0.3, 0.4) is 0 Å². The number of rotatable bonds is 5. The Balaban J connectivity index is 1.61. The van der Waals surface area contributed by atoms with Gasteiger partial charge in [0.15, 0.2) is 0 Å². The Hall–Kier alpha value is -2.37. The van der Waals surface area contributed by atoms with Gasteiger partial charge in [-0.15, -0.1) is 0 Å². The van der Waals surface area contributed by atoms with Crippen LogP contribution in [0.5, 0.6) is 0 Å². The Morgan fingerprint density at radius 1 is 1.16 bits per heavy atom. The molecule has 1 saturated carbocycles. The Bertz CT molecular complexity index is 678. The fourth-order valence-electron chi connectivity index (χ4n) is 3.64. The molecule has 1 saturated heterocycles. The summed E-state index contributed by atoms with van der Waals surface area (Å²) in [6.45, 7) is 2.35. The number of urea groups is 1. The summed E-state index contributed by atoms with van der Waals surface area (Å²) < 4.78 is 0. The number of likely N-dealkylation sites (N-methyl/N-ethyl adjacent to an activating group) is 1. The van der Waals surface area contributed by atoms with Crippen LogP contribution in [-0.2, 0) is 22.6 Å². The number of aryl methyl sites for hydroxylation is 1. The highest BCUT2D eigenvalue weighted by Crippen LogP contribution is 2.34. The van der Waals surface area contributed by atoms with E-state index in [2.05, 4.69) is 24.4 Å². The van der Waals surface area contributed by atoms with E-state index >= 15 is 0 Å². The highest BCUT2D eigenvalue weighted by atomic mass is 16.2. The molecule has 2 fully saturated rings. The molecule has 1 spiro atoms. The largest absolute Gasteiger partial charge is 0.340 e. The summed E-state index contributed by atoms with van der Waals surface area (Å²) in [5.41, 5.74) is 1.52. The molecule has 1 heterocycles. The quantitative estimate of drug-likeness (QED) is 0.832. The molecule has 6 heteroatoms. The number of nitrogens with zero attached hydrogens (tertiary/aromatic N) is 2. The summed E-state index contributed by atoms with van der Waals surface area (Å²) in [6.07, 6.45) is 4.18. The lowest BCUT2D eigenvalue weighted by molar-refractivity contribution is -0.138. The van der Waals surface area contributed by atoms with Gasteiger partial charge in [-0.05, 0) is 30.4 Å². The van der Waals surface area contributed by atoms with Gasteiger partial charge >= 0.3 is 6.03 Å². The van der Waals surface area contributed by atoms with Crippen molar-refractivity contribution in [2.24, 2.45) is 0 Å². The van der Waals surface area contributed by atoms with E-state index in [1.165, 1.54) is 5.56 Å². The van der Waals surface area contributed by atoms with E-state index < -0.39 is 11.6 Å². The molecule has 2 aliphatic rings. The van der Waals surface area contributed by atoms with Crippen molar-refractivity contribution in [3.05, 3.63) is 35.4 Å². The van der Waals surface area contributed by atoms with Crippen molar-refractivity contribution in [3.8, 4) is 0 Å². The van der Waals surface area contributed by atoms with Crippen LogP contribution in [0.25, 0.3) is 0 Å². The van der Waals surface area contributed by atoms with Crippen molar-refractivity contribution in [2.45, 2.75) is 51.1 Å². The molecule has 3 rings (SSSR count). The number of hydrogen-bond acceptors (Lipinski definition) is 3. The molecule has 1 aromatic carbocycles. The topological polar surface area (TPSA) is 69.7 Å². The molecule has 0 bridgehead atoms. The van der Waals surface area contributed by atoms with Crippen molar-refractivity contribution in [1.82, 2.24) is 15.1 Å². The molecule has 1 aliphatic carbocycles. The number of amides is 4. The van der Waals surface area contributed by atoms with E-state index in [1.54, 1.807) is 11.9 Å². The smallest absolute Gasteiger partial charge is 0.325 e. The molecule has 6 nitrogen and oxygen atoms in total. The van der Waals surface area contributed by atoms with Gasteiger partial charge in [0.1, 0.15) is 12.1 Å². The lowest BCUT2D eigenvalue weighted by atomic mass is 9.98. The van der Waals surface area contributed by atoms with Crippen LogP contribution < -0.4 is 5.32 Å². The zero-order valence-electron chi connectivity index (χ0n) is 14.9. The summed E-state index contributed by atoms with van der Waals surface area (Å²) in [4.78, 5) is 39.9. The Kier molecular flexibility index (Phi) is 4.79. The predicted molar refractivity (Wildman–Crippen MR) is 93.7 cm³/mol. The molecular formula is C19H25N3O3. The summed E-state index contributed by atoms with van der Waals surface area (Å²) in [7, 11) is 1.69.